The molecule has 0 spiro atoms. The van der Waals surface area contributed by atoms with Gasteiger partial charge in [0.1, 0.15) is 11.5 Å². The molecule has 3 aliphatic heterocycles. The summed E-state index contributed by atoms with van der Waals surface area (Å²) in [5.74, 6) is -3.74. The molecule has 13 aliphatic carbocycles. The lowest BCUT2D eigenvalue weighted by Crippen LogP contribution is -2.37. The first-order valence-electron chi connectivity index (χ1n) is 48.6. The molecule has 0 saturated heterocycles. The Morgan fingerprint density at radius 3 is 1.01 bits per heavy atom. The summed E-state index contributed by atoms with van der Waals surface area (Å²) in [7, 11) is 0. The summed E-state index contributed by atoms with van der Waals surface area (Å²) >= 11 is 6.06. The Morgan fingerprint density at radius 2 is 0.593 bits per heavy atom. The van der Waals surface area contributed by atoms with Crippen molar-refractivity contribution >= 4 is 105 Å². The third-order valence-corrected chi connectivity index (χ3v) is 30.5. The predicted molar refractivity (Wildman–Crippen MR) is 535 cm³/mol. The zero-order valence-electron chi connectivity index (χ0n) is 79.5. The van der Waals surface area contributed by atoms with Gasteiger partial charge in [0.25, 0.3) is 0 Å². The second kappa shape index (κ2) is 37.3. The maximum absolute atomic E-state index is 13.5. The van der Waals surface area contributed by atoms with E-state index in [0.29, 0.717) is 226 Å². The van der Waals surface area contributed by atoms with Gasteiger partial charge in [0.2, 0.25) is 11.6 Å². The number of halogens is 1. The maximum Gasteiger partial charge on any atom is 0.229 e. The Hall–Kier alpha value is -16.8. The van der Waals surface area contributed by atoms with Crippen LogP contribution >= 0.6 is 11.6 Å². The van der Waals surface area contributed by atoms with Gasteiger partial charge in [-0.3, -0.25) is 76.9 Å². The first-order valence-corrected chi connectivity index (χ1v) is 49.0. The van der Waals surface area contributed by atoms with Crippen LogP contribution in [0.1, 0.15) is 287 Å². The molecule has 22 heteroatoms. The molecule has 16 aliphatic rings. The Morgan fingerprint density at radius 1 is 0.283 bits per heavy atom. The van der Waals surface area contributed by atoms with E-state index in [0.717, 1.165) is 71.1 Å². The Labute approximate surface area is 838 Å². The molecule has 5 atom stereocenters. The van der Waals surface area contributed by atoms with Crippen LogP contribution in [0, 0.1) is 44.8 Å². The van der Waals surface area contributed by atoms with E-state index < -0.39 is 29.6 Å². The van der Waals surface area contributed by atoms with Crippen LogP contribution in [-0.2, 0) is 43.0 Å². The van der Waals surface area contributed by atoms with Crippen LogP contribution < -0.4 is 0 Å². The number of nitrogens with zero attached hydrogens (tertiary/aromatic N) is 4. The molecule has 0 saturated carbocycles. The molecule has 5 unspecified atom stereocenters. The van der Waals surface area contributed by atoms with Crippen LogP contribution in [0.4, 0.5) is 0 Å². The average molecular weight is 1930 g/mol. The van der Waals surface area contributed by atoms with Crippen molar-refractivity contribution in [1.82, 2.24) is 0 Å². The number of hydrogen-bond acceptors (Lipinski definition) is 21. The number of carbonyl (C=O) groups excluding carboxylic acids is 15. The fourth-order valence-corrected chi connectivity index (χ4v) is 24.0. The fraction of sp³-hybridized carbons (Fsp3) is 0.228. The van der Waals surface area contributed by atoms with Crippen LogP contribution in [0.3, 0.4) is 0 Å². The van der Waals surface area contributed by atoms with Gasteiger partial charge < -0.3 is 9.47 Å². The van der Waals surface area contributed by atoms with Crippen molar-refractivity contribution in [1.29, 1.82) is 15.8 Å². The van der Waals surface area contributed by atoms with Crippen molar-refractivity contribution < 1.29 is 81.4 Å². The number of ketones is 15. The van der Waals surface area contributed by atoms with Gasteiger partial charge in [0.15, 0.2) is 86.7 Å². The fourth-order valence-electron chi connectivity index (χ4n) is 23.9. The highest BCUT2D eigenvalue weighted by molar-refractivity contribution is 6.36. The number of nitriles is 3. The average Bonchev–Trinajstić information content (AvgIpc) is 1.19. The third kappa shape index (κ3) is 16.4. The van der Waals surface area contributed by atoms with E-state index >= 15 is 0 Å². The van der Waals surface area contributed by atoms with Crippen LogP contribution in [0.2, 0.25) is 5.02 Å². The van der Waals surface area contributed by atoms with Gasteiger partial charge in [-0.05, 0) is 145 Å². The highest BCUT2D eigenvalue weighted by atomic mass is 35.5. The van der Waals surface area contributed by atoms with E-state index in [-0.39, 0.29) is 127 Å². The molecule has 710 valence electrons. The maximum atomic E-state index is 13.5. The van der Waals surface area contributed by atoms with Crippen LogP contribution in [0.25, 0.3) is 0 Å². The second-order valence-electron chi connectivity index (χ2n) is 40.5. The van der Waals surface area contributed by atoms with Gasteiger partial charge >= 0.3 is 0 Å². The normalized spacial score (nSPS) is 22.1. The minimum absolute atomic E-state index is 0.0160. The van der Waals surface area contributed by atoms with Gasteiger partial charge in [-0.1, -0.05) is 232 Å². The van der Waals surface area contributed by atoms with E-state index in [2.05, 4.69) is 37.0 Å². The molecule has 0 bridgehead atoms. The first-order chi connectivity index (χ1) is 69.9. The molecule has 9 aromatic carbocycles. The standard InChI is InChI=1S/C26H19NO4.C25H17NO3.C24H17ClO3.C24H15NO4.C24H21NO3/c1-26(2)11-18(28)21-19(12-26)31-25-22(20(21)15-9-7-14(13-27)8-10-15)23(29)16-5-3-4-6-17(16)24(25)30;26-13-14-8-10-15(11-9-14)22-21-16(4-3-7-20(21)27)12-19-23(22)25(29)18-6-2-1-5-17(18)24(19)28;25-15-10-8-13(9-11-15)21-20-14(4-3-7-19(20)26)12-18-22(21)24(28)17-6-2-1-5-16(17)23(18)27;25-12-13-8-10-14(11-9-13)19-20-17(26)6-3-7-18(20)29-24-21(19)22(27)15-4-1-2-5-16(15)23(24)28;1-24(2)9-14-8-15-21(23(28)17-12-25-11-16(17)22(15)27)20(19(14)18(26)10-24)13-6-4-3-5-7-13/h3-10,20H,11-12H2,1-2H3;1-2,5-6,8-11,22H,3-4,7,12H2;1-2,5-6,8-11,21H,3-4,7,12H2;1-2,4-5,8-11,19H,3,6-7H2;3-7,12,20H,8-11H2,1-2H3. The molecule has 21 nitrogen and oxygen atoms in total. The first kappa shape index (κ1) is 94.4. The smallest absolute Gasteiger partial charge is 0.229 e. The summed E-state index contributed by atoms with van der Waals surface area (Å²) in [6.07, 6.45) is 10.5. The zero-order chi connectivity index (χ0) is 101. The number of carbonyl (C=O) groups is 15. The van der Waals surface area contributed by atoms with Crippen molar-refractivity contribution in [2.75, 3.05) is 6.54 Å². The molecule has 145 heavy (non-hydrogen) atoms. The van der Waals surface area contributed by atoms with Gasteiger partial charge in [0, 0.05) is 203 Å². The highest BCUT2D eigenvalue weighted by Gasteiger charge is 2.54. The van der Waals surface area contributed by atoms with Gasteiger partial charge in [-0.2, -0.15) is 15.8 Å². The van der Waals surface area contributed by atoms with Crippen molar-refractivity contribution in [3.05, 3.63) is 442 Å². The SMILES string of the molecule is CC1(C)CC(=O)C2=C(C1)OC1=C(C(=O)c3ccccc3C1=O)C2c1ccc(C#N)cc1.CC1(C)CC(=O)C2=C(CC3=C(C(=O)C4=C(CN=C4)C3=O)C2c2ccccc2)C1.N#Cc1ccc(C2C3=C(CCCC3=O)CC3=C2C(=O)c2ccccc2C3=O)cc1.N#Cc1ccc(C2C3=C(CCCC3=O)OC3=C2C(=O)c2ccccc2C3=O)cc1.O=C1CCCC2=C1C(c1ccc(Cl)cc1)C1=C(C2)C(=O)c2ccccc2C1=O. The Bertz CT molecular complexity index is 7900. The minimum Gasteiger partial charge on any atom is -0.457 e. The van der Waals surface area contributed by atoms with Crippen LogP contribution in [-0.4, -0.2) is 99.5 Å². The van der Waals surface area contributed by atoms with E-state index in [4.69, 9.17) is 36.9 Å². The Balaban J connectivity index is 0.000000107. The molecule has 0 fully saturated rings. The molecular weight excluding hydrogens is 1840 g/mol. The van der Waals surface area contributed by atoms with E-state index in [1.165, 1.54) is 6.21 Å². The quantitative estimate of drug-likeness (QED) is 0.144. The lowest BCUT2D eigenvalue weighted by Gasteiger charge is -2.40. The van der Waals surface area contributed by atoms with E-state index in [1.807, 2.05) is 56.3 Å². The Kier molecular flexibility index (Phi) is 24.3. The predicted octanol–water partition coefficient (Wildman–Crippen LogP) is 22.1. The zero-order valence-corrected chi connectivity index (χ0v) is 80.2. The third-order valence-electron chi connectivity index (χ3n) is 30.3. The molecular formula is C123H89ClN4O17. The molecule has 0 aromatic heterocycles. The monoisotopic (exact) mass is 1930 g/mol. The van der Waals surface area contributed by atoms with Crippen molar-refractivity contribution in [2.45, 2.75) is 160 Å². The number of allylic oxidation sites excluding steroid dienone is 21. The summed E-state index contributed by atoms with van der Waals surface area (Å²) in [6, 6.07) is 70.9. The summed E-state index contributed by atoms with van der Waals surface area (Å²) < 4.78 is 12.0. The minimum atomic E-state index is -0.695. The summed E-state index contributed by atoms with van der Waals surface area (Å²) in [4.78, 5) is 203. The summed E-state index contributed by atoms with van der Waals surface area (Å²) in [6.45, 7) is 8.44. The lowest BCUT2D eigenvalue weighted by molar-refractivity contribution is -0.119. The number of ether oxygens (including phenoxy) is 2. The molecule has 3 heterocycles. The molecule has 0 radical (unpaired) electrons. The van der Waals surface area contributed by atoms with E-state index in [9.17, 15) is 71.9 Å². The molecule has 25 rings (SSSR count). The topological polar surface area (TPSA) is 358 Å². The number of fused-ring (bicyclic) bond motifs is 4. The number of rotatable bonds is 5. The summed E-state index contributed by atoms with van der Waals surface area (Å²) in [5, 5.41) is 28.0. The second-order valence-corrected chi connectivity index (χ2v) is 40.9. The summed E-state index contributed by atoms with van der Waals surface area (Å²) in [5.41, 5.74) is 18.4. The molecule has 0 N–H and O–H groups in total. The number of aliphatic imine (C=N–C) groups is 1. The van der Waals surface area contributed by atoms with Gasteiger partial charge in [-0.25, -0.2) is 0 Å². The number of hydrogen-bond donors (Lipinski definition) is 0. The largest absolute Gasteiger partial charge is 0.457 e. The number of Topliss-reactive ketones (excluding diaryl/α,β-unsaturated/α-hetero) is 15. The van der Waals surface area contributed by atoms with Gasteiger partial charge in [-0.15, -0.1) is 0 Å². The van der Waals surface area contributed by atoms with Crippen LogP contribution in [0.5, 0.6) is 0 Å². The molecule has 9 aromatic rings. The van der Waals surface area contributed by atoms with Crippen molar-refractivity contribution in [3.63, 3.8) is 0 Å². The molecule has 0 amide bonds. The van der Waals surface area contributed by atoms with Crippen LogP contribution in [0.15, 0.2) is 353 Å². The number of benzene rings is 9. The highest BCUT2D eigenvalue weighted by Crippen LogP contribution is 2.58. The lowest BCUT2D eigenvalue weighted by atomic mass is 9.61. The van der Waals surface area contributed by atoms with Crippen molar-refractivity contribution in [3.8, 4) is 18.2 Å². The van der Waals surface area contributed by atoms with E-state index in [1.54, 1.807) is 182 Å². The van der Waals surface area contributed by atoms with Crippen molar-refractivity contribution in [2.24, 2.45) is 15.8 Å². The van der Waals surface area contributed by atoms with Gasteiger partial charge in [0.05, 0.1) is 52.6 Å².